The number of nitrogens with zero attached hydrogens (tertiary/aromatic N) is 1. The van der Waals surface area contributed by atoms with Gasteiger partial charge in [0.25, 0.3) is 0 Å². The molecule has 2 heteroatoms. The topological polar surface area (TPSA) is 23.5 Å². The van der Waals surface area contributed by atoms with Crippen molar-refractivity contribution in [2.75, 3.05) is 11.4 Å². The highest BCUT2D eigenvalue weighted by Crippen LogP contribution is 2.24. The molecule has 1 aliphatic rings. The number of aliphatic hydroxyl groups excluding tert-OH is 1. The molecule has 1 fully saturated rings. The summed E-state index contributed by atoms with van der Waals surface area (Å²) >= 11 is 0. The first kappa shape index (κ1) is 7.62. The molecular weight excluding hydrogens is 150 g/mol. The van der Waals surface area contributed by atoms with E-state index in [9.17, 15) is 5.11 Å². The van der Waals surface area contributed by atoms with Gasteiger partial charge in [0, 0.05) is 18.7 Å². The third kappa shape index (κ3) is 1.18. The molecule has 64 valence electrons. The van der Waals surface area contributed by atoms with E-state index in [1.54, 1.807) is 0 Å². The van der Waals surface area contributed by atoms with E-state index in [4.69, 9.17) is 0 Å². The lowest BCUT2D eigenvalue weighted by Crippen LogP contribution is -2.47. The van der Waals surface area contributed by atoms with Gasteiger partial charge in [-0.15, -0.1) is 0 Å². The molecule has 2 rings (SSSR count). The summed E-state index contributed by atoms with van der Waals surface area (Å²) in [6, 6.07) is 8.25. The van der Waals surface area contributed by atoms with Crippen LogP contribution in [0, 0.1) is 6.92 Å². The minimum absolute atomic E-state index is 0.257. The monoisotopic (exact) mass is 163 g/mol. The summed E-state index contributed by atoms with van der Waals surface area (Å²) in [5.41, 5.74) is 2.38. The van der Waals surface area contributed by atoms with Gasteiger partial charge < -0.3 is 10.0 Å². The van der Waals surface area contributed by atoms with Crippen molar-refractivity contribution in [3.8, 4) is 0 Å². The van der Waals surface area contributed by atoms with E-state index in [0.29, 0.717) is 0 Å². The van der Waals surface area contributed by atoms with Crippen molar-refractivity contribution in [3.05, 3.63) is 29.8 Å². The minimum atomic E-state index is -0.257. The van der Waals surface area contributed by atoms with Crippen molar-refractivity contribution in [2.24, 2.45) is 0 Å². The van der Waals surface area contributed by atoms with Crippen LogP contribution in [0.15, 0.2) is 24.3 Å². The van der Waals surface area contributed by atoms with Crippen molar-refractivity contribution in [3.63, 3.8) is 0 Å². The van der Waals surface area contributed by atoms with Crippen LogP contribution in [0.4, 0.5) is 5.69 Å². The average Bonchev–Trinajstić information content (AvgIpc) is 2.06. The molecular formula is C10H13NO. The van der Waals surface area contributed by atoms with Gasteiger partial charge in [-0.05, 0) is 19.1 Å². The number of aliphatic hydroxyl groups is 1. The Bertz CT molecular complexity index is 268. The van der Waals surface area contributed by atoms with E-state index >= 15 is 0 Å². The molecule has 1 N–H and O–H groups in total. The summed E-state index contributed by atoms with van der Waals surface area (Å²) < 4.78 is 0. The Hall–Kier alpha value is -1.02. The van der Waals surface area contributed by atoms with Gasteiger partial charge in [0.1, 0.15) is 6.23 Å². The van der Waals surface area contributed by atoms with Gasteiger partial charge in [-0.25, -0.2) is 0 Å². The van der Waals surface area contributed by atoms with Crippen LogP contribution in [0.5, 0.6) is 0 Å². The molecule has 1 saturated heterocycles. The second-order valence-electron chi connectivity index (χ2n) is 3.30. The average molecular weight is 163 g/mol. The smallest absolute Gasteiger partial charge is 0.128 e. The van der Waals surface area contributed by atoms with Gasteiger partial charge >= 0.3 is 0 Å². The van der Waals surface area contributed by atoms with Crippen molar-refractivity contribution in [1.82, 2.24) is 0 Å². The van der Waals surface area contributed by atoms with E-state index in [1.807, 2.05) is 4.90 Å². The second-order valence-corrected chi connectivity index (χ2v) is 3.30. The first-order chi connectivity index (χ1) is 5.77. The number of aryl methyl sites for hydroxylation is 1. The maximum Gasteiger partial charge on any atom is 0.128 e. The van der Waals surface area contributed by atoms with E-state index in [2.05, 4.69) is 31.2 Å². The number of hydrogen-bond acceptors (Lipinski definition) is 2. The molecule has 0 spiro atoms. The molecule has 0 amide bonds. The maximum absolute atomic E-state index is 9.36. The van der Waals surface area contributed by atoms with Crippen LogP contribution in [0.3, 0.4) is 0 Å². The van der Waals surface area contributed by atoms with Crippen LogP contribution in [0.2, 0.25) is 0 Å². The van der Waals surface area contributed by atoms with Gasteiger partial charge in [0.05, 0.1) is 0 Å². The highest BCUT2D eigenvalue weighted by Gasteiger charge is 2.24. The Balaban J connectivity index is 2.18. The van der Waals surface area contributed by atoms with Gasteiger partial charge in [0.15, 0.2) is 0 Å². The Kier molecular flexibility index (Phi) is 1.77. The molecule has 1 unspecified atom stereocenters. The maximum atomic E-state index is 9.36. The van der Waals surface area contributed by atoms with Crippen LogP contribution in [-0.4, -0.2) is 17.9 Å². The third-order valence-corrected chi connectivity index (χ3v) is 2.35. The van der Waals surface area contributed by atoms with E-state index in [0.717, 1.165) is 18.7 Å². The van der Waals surface area contributed by atoms with Crippen LogP contribution in [-0.2, 0) is 0 Å². The summed E-state index contributed by atoms with van der Waals surface area (Å²) in [6.07, 6.45) is 0.640. The fourth-order valence-corrected chi connectivity index (χ4v) is 1.41. The lowest BCUT2D eigenvalue weighted by Gasteiger charge is -2.39. The predicted molar refractivity (Wildman–Crippen MR) is 49.1 cm³/mol. The fraction of sp³-hybridized carbons (Fsp3) is 0.400. The Morgan fingerprint density at radius 3 is 2.42 bits per heavy atom. The first-order valence-electron chi connectivity index (χ1n) is 4.29. The second kappa shape index (κ2) is 2.79. The molecule has 1 aromatic carbocycles. The van der Waals surface area contributed by atoms with Gasteiger partial charge in [-0.3, -0.25) is 0 Å². The predicted octanol–water partition coefficient (Wildman–Crippen LogP) is 1.52. The van der Waals surface area contributed by atoms with Crippen LogP contribution < -0.4 is 4.90 Å². The lowest BCUT2D eigenvalue weighted by atomic mass is 10.1. The first-order valence-corrected chi connectivity index (χ1v) is 4.29. The van der Waals surface area contributed by atoms with E-state index in [-0.39, 0.29) is 6.23 Å². The van der Waals surface area contributed by atoms with Crippen molar-refractivity contribution >= 4 is 5.69 Å². The van der Waals surface area contributed by atoms with Crippen molar-refractivity contribution in [1.29, 1.82) is 0 Å². The molecule has 1 heterocycles. The quantitative estimate of drug-likeness (QED) is 0.678. The Morgan fingerprint density at radius 2 is 2.00 bits per heavy atom. The molecule has 0 aromatic heterocycles. The lowest BCUT2D eigenvalue weighted by molar-refractivity contribution is 0.113. The van der Waals surface area contributed by atoms with E-state index < -0.39 is 0 Å². The van der Waals surface area contributed by atoms with E-state index in [1.165, 1.54) is 5.56 Å². The fourth-order valence-electron chi connectivity index (χ4n) is 1.41. The summed E-state index contributed by atoms with van der Waals surface area (Å²) in [7, 11) is 0. The molecule has 12 heavy (non-hydrogen) atoms. The zero-order valence-electron chi connectivity index (χ0n) is 7.20. The molecule has 0 bridgehead atoms. The highest BCUT2D eigenvalue weighted by atomic mass is 16.3. The van der Waals surface area contributed by atoms with Crippen molar-refractivity contribution in [2.45, 2.75) is 19.6 Å². The zero-order chi connectivity index (χ0) is 8.55. The van der Waals surface area contributed by atoms with Gasteiger partial charge in [0.2, 0.25) is 0 Å². The number of hydrogen-bond donors (Lipinski definition) is 1. The summed E-state index contributed by atoms with van der Waals surface area (Å²) in [5, 5.41) is 9.36. The molecule has 0 aliphatic carbocycles. The number of anilines is 1. The number of benzene rings is 1. The zero-order valence-corrected chi connectivity index (χ0v) is 7.20. The third-order valence-electron chi connectivity index (χ3n) is 2.35. The van der Waals surface area contributed by atoms with Crippen LogP contribution >= 0.6 is 0 Å². The van der Waals surface area contributed by atoms with Crippen LogP contribution in [0.25, 0.3) is 0 Å². The summed E-state index contributed by atoms with van der Waals surface area (Å²) in [4.78, 5) is 2.00. The van der Waals surface area contributed by atoms with Crippen LogP contribution in [0.1, 0.15) is 12.0 Å². The number of rotatable bonds is 1. The molecule has 0 saturated carbocycles. The summed E-state index contributed by atoms with van der Waals surface area (Å²) in [5.74, 6) is 0. The Labute approximate surface area is 72.4 Å². The largest absolute Gasteiger partial charge is 0.374 e. The normalized spacial score (nSPS) is 22.2. The SMILES string of the molecule is Cc1ccc(N2CCC2O)cc1. The standard InChI is InChI=1S/C10H13NO/c1-8-2-4-9(5-3-8)11-7-6-10(11)12/h2-5,10,12H,6-7H2,1H3. The molecule has 1 atom stereocenters. The summed E-state index contributed by atoms with van der Waals surface area (Å²) in [6.45, 7) is 3.04. The molecule has 1 aromatic rings. The highest BCUT2D eigenvalue weighted by molar-refractivity contribution is 5.49. The molecule has 0 radical (unpaired) electrons. The van der Waals surface area contributed by atoms with Gasteiger partial charge in [-0.1, -0.05) is 17.7 Å². The van der Waals surface area contributed by atoms with Gasteiger partial charge in [-0.2, -0.15) is 0 Å². The Morgan fingerprint density at radius 1 is 1.33 bits per heavy atom. The molecule has 1 aliphatic heterocycles. The molecule has 2 nitrogen and oxygen atoms in total. The van der Waals surface area contributed by atoms with Crippen molar-refractivity contribution < 1.29 is 5.11 Å². The minimum Gasteiger partial charge on any atom is -0.374 e.